The Bertz CT molecular complexity index is 387. The van der Waals surface area contributed by atoms with Gasteiger partial charge in [-0.15, -0.1) is 11.3 Å². The quantitative estimate of drug-likeness (QED) is 0.822. The van der Waals surface area contributed by atoms with E-state index in [1.165, 1.54) is 42.1 Å². The van der Waals surface area contributed by atoms with Crippen LogP contribution in [0.1, 0.15) is 57.8 Å². The van der Waals surface area contributed by atoms with Crippen LogP contribution in [0, 0.1) is 5.92 Å². The molecule has 0 aromatic carbocycles. The maximum atomic E-state index is 4.56. The van der Waals surface area contributed by atoms with Crippen molar-refractivity contribution in [1.29, 1.82) is 0 Å². The molecule has 3 nitrogen and oxygen atoms in total. The van der Waals surface area contributed by atoms with Crippen LogP contribution in [0.5, 0.6) is 0 Å². The first-order valence-electron chi connectivity index (χ1n) is 8.19. The highest BCUT2D eigenvalue weighted by atomic mass is 32.1. The average molecular weight is 295 g/mol. The van der Waals surface area contributed by atoms with Crippen LogP contribution in [-0.4, -0.2) is 24.1 Å². The van der Waals surface area contributed by atoms with Crippen molar-refractivity contribution < 1.29 is 0 Å². The molecule has 4 heteroatoms. The zero-order valence-corrected chi connectivity index (χ0v) is 14.0. The zero-order chi connectivity index (χ0) is 14.4. The Balaban J connectivity index is 1.82. The largest absolute Gasteiger partial charge is 0.349 e. The van der Waals surface area contributed by atoms with Crippen LogP contribution >= 0.6 is 11.3 Å². The van der Waals surface area contributed by atoms with Crippen molar-refractivity contribution >= 4 is 16.5 Å². The topological polar surface area (TPSA) is 28.2 Å². The molecule has 114 valence electrons. The third-order valence-electron chi connectivity index (χ3n) is 4.50. The molecule has 2 atom stereocenters. The smallest absolute Gasteiger partial charge is 0.185 e. The van der Waals surface area contributed by atoms with Crippen molar-refractivity contribution in [2.24, 2.45) is 5.92 Å². The molecule has 1 aromatic rings. The molecule has 1 aliphatic rings. The van der Waals surface area contributed by atoms with Crippen molar-refractivity contribution in [3.8, 4) is 0 Å². The number of rotatable bonds is 7. The summed E-state index contributed by atoms with van der Waals surface area (Å²) in [6, 6.07) is 0.715. The third kappa shape index (κ3) is 4.19. The second kappa shape index (κ2) is 7.99. The van der Waals surface area contributed by atoms with Crippen LogP contribution in [0.25, 0.3) is 0 Å². The third-order valence-corrected chi connectivity index (χ3v) is 5.56. The highest BCUT2D eigenvalue weighted by Crippen LogP contribution is 2.27. The van der Waals surface area contributed by atoms with Gasteiger partial charge >= 0.3 is 0 Å². The Labute approximate surface area is 127 Å². The molecule has 0 amide bonds. The molecule has 1 aliphatic carbocycles. The van der Waals surface area contributed by atoms with Crippen molar-refractivity contribution in [2.75, 3.05) is 18.0 Å². The SMILES string of the molecule is CCC1CCCC(NCc2cnc(N(CC)CC)s2)C1. The van der Waals surface area contributed by atoms with E-state index in [9.17, 15) is 0 Å². The second-order valence-electron chi connectivity index (χ2n) is 5.80. The predicted octanol–water partition coefficient (Wildman–Crippen LogP) is 4.05. The lowest BCUT2D eigenvalue weighted by molar-refractivity contribution is 0.279. The summed E-state index contributed by atoms with van der Waals surface area (Å²) in [5.74, 6) is 0.939. The van der Waals surface area contributed by atoms with E-state index in [1.54, 1.807) is 0 Å². The number of thiazole rings is 1. The highest BCUT2D eigenvalue weighted by molar-refractivity contribution is 7.15. The molecule has 0 bridgehead atoms. The van der Waals surface area contributed by atoms with Gasteiger partial charge in [0.2, 0.25) is 0 Å². The first-order chi connectivity index (χ1) is 9.76. The normalized spacial score (nSPS) is 22.9. The minimum Gasteiger partial charge on any atom is -0.349 e. The lowest BCUT2D eigenvalue weighted by Crippen LogP contribution is -2.33. The van der Waals surface area contributed by atoms with Gasteiger partial charge < -0.3 is 10.2 Å². The van der Waals surface area contributed by atoms with E-state index >= 15 is 0 Å². The van der Waals surface area contributed by atoms with Gasteiger partial charge in [0, 0.05) is 36.8 Å². The van der Waals surface area contributed by atoms with E-state index in [2.05, 4.69) is 36.0 Å². The first-order valence-corrected chi connectivity index (χ1v) is 9.01. The maximum absolute atomic E-state index is 4.56. The zero-order valence-electron chi connectivity index (χ0n) is 13.2. The summed E-state index contributed by atoms with van der Waals surface area (Å²) >= 11 is 1.84. The predicted molar refractivity (Wildman–Crippen MR) is 88.6 cm³/mol. The molecule has 2 unspecified atom stereocenters. The van der Waals surface area contributed by atoms with Gasteiger partial charge in [-0.2, -0.15) is 0 Å². The number of nitrogens with one attached hydrogen (secondary N) is 1. The van der Waals surface area contributed by atoms with Gasteiger partial charge in [-0.1, -0.05) is 26.2 Å². The summed E-state index contributed by atoms with van der Waals surface area (Å²) in [6.07, 6.45) is 8.91. The van der Waals surface area contributed by atoms with Gasteiger partial charge in [0.1, 0.15) is 0 Å². The van der Waals surface area contributed by atoms with E-state index in [4.69, 9.17) is 0 Å². The Hall–Kier alpha value is -0.610. The molecule has 1 aromatic heterocycles. The molecule has 2 rings (SSSR count). The summed E-state index contributed by atoms with van der Waals surface area (Å²) in [7, 11) is 0. The maximum Gasteiger partial charge on any atom is 0.185 e. The molecule has 1 fully saturated rings. The summed E-state index contributed by atoms with van der Waals surface area (Å²) in [5, 5.41) is 4.91. The fourth-order valence-corrected chi connectivity index (χ4v) is 4.10. The van der Waals surface area contributed by atoms with Gasteiger partial charge in [0.15, 0.2) is 5.13 Å². The number of hydrogen-bond acceptors (Lipinski definition) is 4. The van der Waals surface area contributed by atoms with Crippen LogP contribution < -0.4 is 10.2 Å². The van der Waals surface area contributed by atoms with E-state index < -0.39 is 0 Å². The monoisotopic (exact) mass is 295 g/mol. The van der Waals surface area contributed by atoms with Gasteiger partial charge in [-0.25, -0.2) is 4.98 Å². The second-order valence-corrected chi connectivity index (χ2v) is 6.89. The van der Waals surface area contributed by atoms with Crippen LogP contribution in [0.4, 0.5) is 5.13 Å². The number of aromatic nitrogens is 1. The van der Waals surface area contributed by atoms with Crippen LogP contribution in [-0.2, 0) is 6.54 Å². The summed E-state index contributed by atoms with van der Waals surface area (Å²) in [6.45, 7) is 9.77. The number of hydrogen-bond donors (Lipinski definition) is 1. The summed E-state index contributed by atoms with van der Waals surface area (Å²) < 4.78 is 0. The van der Waals surface area contributed by atoms with Crippen molar-refractivity contribution in [2.45, 2.75) is 65.5 Å². The van der Waals surface area contributed by atoms with Gasteiger partial charge in [0.25, 0.3) is 0 Å². The van der Waals surface area contributed by atoms with Crippen LogP contribution in [0.2, 0.25) is 0 Å². The van der Waals surface area contributed by atoms with Crippen LogP contribution in [0.15, 0.2) is 6.20 Å². The molecule has 1 heterocycles. The molecule has 0 spiro atoms. The highest BCUT2D eigenvalue weighted by Gasteiger charge is 2.20. The Morgan fingerprint density at radius 1 is 1.30 bits per heavy atom. The Kier molecular flexibility index (Phi) is 6.30. The fraction of sp³-hybridized carbons (Fsp3) is 0.812. The molecule has 0 saturated heterocycles. The lowest BCUT2D eigenvalue weighted by Gasteiger charge is -2.29. The summed E-state index contributed by atoms with van der Waals surface area (Å²) in [4.78, 5) is 8.25. The summed E-state index contributed by atoms with van der Waals surface area (Å²) in [5.41, 5.74) is 0. The molecule has 20 heavy (non-hydrogen) atoms. The molecular weight excluding hydrogens is 266 g/mol. The van der Waals surface area contributed by atoms with E-state index in [-0.39, 0.29) is 0 Å². The minimum atomic E-state index is 0.715. The van der Waals surface area contributed by atoms with E-state index in [1.807, 2.05) is 17.5 Å². The van der Waals surface area contributed by atoms with Crippen LogP contribution in [0.3, 0.4) is 0 Å². The molecular formula is C16H29N3S. The number of anilines is 1. The molecule has 1 N–H and O–H groups in total. The molecule has 1 saturated carbocycles. The first kappa shape index (κ1) is 15.8. The minimum absolute atomic E-state index is 0.715. The van der Waals surface area contributed by atoms with Crippen molar-refractivity contribution in [3.05, 3.63) is 11.1 Å². The molecule has 0 aliphatic heterocycles. The molecule has 0 radical (unpaired) electrons. The van der Waals surface area contributed by atoms with Crippen molar-refractivity contribution in [3.63, 3.8) is 0 Å². The number of nitrogens with zero attached hydrogens (tertiary/aromatic N) is 2. The van der Waals surface area contributed by atoms with Gasteiger partial charge in [-0.05, 0) is 32.6 Å². The fourth-order valence-electron chi connectivity index (χ4n) is 3.11. The lowest BCUT2D eigenvalue weighted by atomic mass is 9.84. The average Bonchev–Trinajstić information content (AvgIpc) is 2.95. The standard InChI is InChI=1S/C16H29N3S/c1-4-13-8-7-9-14(10-13)17-11-15-12-18-16(20-15)19(5-2)6-3/h12-14,17H,4-11H2,1-3H3. The van der Waals surface area contributed by atoms with Gasteiger partial charge in [0.05, 0.1) is 0 Å². The van der Waals surface area contributed by atoms with E-state index in [0.29, 0.717) is 6.04 Å². The Morgan fingerprint density at radius 2 is 2.10 bits per heavy atom. The Morgan fingerprint density at radius 3 is 2.80 bits per heavy atom. The van der Waals surface area contributed by atoms with E-state index in [0.717, 1.165) is 25.6 Å². The van der Waals surface area contributed by atoms with Crippen molar-refractivity contribution in [1.82, 2.24) is 10.3 Å². The van der Waals surface area contributed by atoms with Gasteiger partial charge in [-0.3, -0.25) is 0 Å².